The summed E-state index contributed by atoms with van der Waals surface area (Å²) in [6.45, 7) is 12.6. The number of ketones is 1. The second-order valence-corrected chi connectivity index (χ2v) is 11.0. The van der Waals surface area contributed by atoms with E-state index in [0.717, 1.165) is 17.1 Å². The lowest BCUT2D eigenvalue weighted by atomic mass is 9.86. The molecule has 3 nitrogen and oxygen atoms in total. The fourth-order valence-electron chi connectivity index (χ4n) is 3.88. The smallest absolute Gasteiger partial charge is 0.193 e. The predicted molar refractivity (Wildman–Crippen MR) is 147 cm³/mol. The average Bonchev–Trinajstić information content (AvgIpc) is 2.84. The van der Waals surface area contributed by atoms with Gasteiger partial charge >= 0.3 is 0 Å². The number of hydrogen-bond acceptors (Lipinski definition) is 3. The van der Waals surface area contributed by atoms with Crippen LogP contribution in [0.3, 0.4) is 0 Å². The largest absolute Gasteiger partial charge is 0.488 e. The van der Waals surface area contributed by atoms with Crippen molar-refractivity contribution in [3.63, 3.8) is 0 Å². The van der Waals surface area contributed by atoms with Gasteiger partial charge in [-0.1, -0.05) is 57.2 Å². The van der Waals surface area contributed by atoms with Crippen LogP contribution in [0.15, 0.2) is 97.1 Å². The quantitative estimate of drug-likeness (QED) is 0.260. The van der Waals surface area contributed by atoms with Crippen molar-refractivity contribution in [2.45, 2.75) is 52.6 Å². The van der Waals surface area contributed by atoms with Crippen LogP contribution in [0.25, 0.3) is 11.1 Å². The van der Waals surface area contributed by atoms with Crippen molar-refractivity contribution in [3.8, 4) is 28.4 Å². The van der Waals surface area contributed by atoms with E-state index in [9.17, 15) is 4.79 Å². The highest BCUT2D eigenvalue weighted by Gasteiger charge is 2.14. The maximum Gasteiger partial charge on any atom is 0.193 e. The Morgan fingerprint density at radius 3 is 1.33 bits per heavy atom. The van der Waals surface area contributed by atoms with Gasteiger partial charge in [0.2, 0.25) is 0 Å². The molecule has 4 aromatic carbocycles. The van der Waals surface area contributed by atoms with Crippen molar-refractivity contribution in [3.05, 3.63) is 114 Å². The molecule has 0 saturated heterocycles. The van der Waals surface area contributed by atoms with Gasteiger partial charge in [0.1, 0.15) is 22.8 Å². The molecule has 0 unspecified atom stereocenters. The summed E-state index contributed by atoms with van der Waals surface area (Å²) in [4.78, 5) is 12.9. The molecule has 36 heavy (non-hydrogen) atoms. The molecule has 0 saturated carbocycles. The number of benzene rings is 4. The number of hydrogen-bond donors (Lipinski definition) is 0. The fourth-order valence-corrected chi connectivity index (χ4v) is 3.88. The van der Waals surface area contributed by atoms with E-state index in [-0.39, 0.29) is 16.8 Å². The first-order valence-electron chi connectivity index (χ1n) is 12.3. The van der Waals surface area contributed by atoms with Gasteiger partial charge in [-0.15, -0.1) is 0 Å². The van der Waals surface area contributed by atoms with Crippen LogP contribution < -0.4 is 9.47 Å². The van der Waals surface area contributed by atoms with Crippen LogP contribution in [0.4, 0.5) is 0 Å². The topological polar surface area (TPSA) is 35.5 Å². The van der Waals surface area contributed by atoms with Gasteiger partial charge in [0.05, 0.1) is 0 Å². The summed E-state index contributed by atoms with van der Waals surface area (Å²) < 4.78 is 11.8. The summed E-state index contributed by atoms with van der Waals surface area (Å²) in [7, 11) is 0. The van der Waals surface area contributed by atoms with Crippen molar-refractivity contribution in [1.82, 2.24) is 0 Å². The Kier molecular flexibility index (Phi) is 7.03. The first-order valence-corrected chi connectivity index (χ1v) is 12.3. The molecule has 4 rings (SSSR count). The third-order valence-electron chi connectivity index (χ3n) is 5.83. The zero-order valence-electron chi connectivity index (χ0n) is 22.0. The number of carbonyl (C=O) groups excluding carboxylic acids is 1. The van der Waals surface area contributed by atoms with Gasteiger partial charge in [-0.3, -0.25) is 4.79 Å². The van der Waals surface area contributed by atoms with Gasteiger partial charge in [-0.25, -0.2) is 0 Å². The van der Waals surface area contributed by atoms with E-state index >= 15 is 0 Å². The lowest BCUT2D eigenvalue weighted by Gasteiger charge is -2.21. The van der Waals surface area contributed by atoms with Gasteiger partial charge in [0, 0.05) is 11.1 Å². The summed E-state index contributed by atoms with van der Waals surface area (Å²) in [6, 6.07) is 31.3. The second-order valence-electron chi connectivity index (χ2n) is 11.0. The van der Waals surface area contributed by atoms with Gasteiger partial charge in [0.15, 0.2) is 5.78 Å². The molecule has 0 spiro atoms. The minimum absolute atomic E-state index is 0.0364. The van der Waals surface area contributed by atoms with E-state index in [2.05, 4.69) is 57.2 Å². The predicted octanol–water partition coefficient (Wildman–Crippen LogP) is 8.85. The maximum absolute atomic E-state index is 12.9. The van der Waals surface area contributed by atoms with Crippen LogP contribution in [0.2, 0.25) is 0 Å². The van der Waals surface area contributed by atoms with Crippen molar-refractivity contribution < 1.29 is 14.3 Å². The maximum atomic E-state index is 12.9. The Hall–Kier alpha value is -3.85. The van der Waals surface area contributed by atoms with Crippen LogP contribution >= 0.6 is 0 Å². The van der Waals surface area contributed by atoms with Crippen molar-refractivity contribution in [1.29, 1.82) is 0 Å². The SMILES string of the molecule is CC(C)(C)Oc1ccc(C(=O)c2ccc(Oc3ccc(-c4ccc(C(C)(C)C)cc4)cc3)cc2)cc1. The minimum atomic E-state index is -0.278. The minimum Gasteiger partial charge on any atom is -0.488 e. The van der Waals surface area contributed by atoms with Gasteiger partial charge in [-0.05, 0) is 104 Å². The zero-order chi connectivity index (χ0) is 25.9. The van der Waals surface area contributed by atoms with E-state index in [4.69, 9.17) is 9.47 Å². The van der Waals surface area contributed by atoms with E-state index in [1.165, 1.54) is 11.1 Å². The lowest BCUT2D eigenvalue weighted by Crippen LogP contribution is -2.22. The van der Waals surface area contributed by atoms with Gasteiger partial charge in [0.25, 0.3) is 0 Å². The summed E-state index contributed by atoms with van der Waals surface area (Å²) in [5.41, 5.74) is 4.73. The number of rotatable bonds is 6. The molecule has 0 heterocycles. The molecule has 0 bridgehead atoms. The van der Waals surface area contributed by atoms with Crippen LogP contribution in [-0.4, -0.2) is 11.4 Å². The monoisotopic (exact) mass is 478 g/mol. The Morgan fingerprint density at radius 2 is 0.917 bits per heavy atom. The molecular formula is C33H34O3. The molecule has 0 aromatic heterocycles. The van der Waals surface area contributed by atoms with E-state index < -0.39 is 0 Å². The number of carbonyl (C=O) groups is 1. The normalized spacial score (nSPS) is 11.7. The molecular weight excluding hydrogens is 444 g/mol. The molecule has 0 fully saturated rings. The highest BCUT2D eigenvalue weighted by molar-refractivity contribution is 6.09. The molecule has 0 aliphatic rings. The van der Waals surface area contributed by atoms with Crippen LogP contribution in [0.5, 0.6) is 17.2 Å². The molecule has 0 atom stereocenters. The Morgan fingerprint density at radius 1 is 0.528 bits per heavy atom. The molecule has 184 valence electrons. The standard InChI is InChI=1S/C33H34O3/c1-32(2,3)27-15-7-23(8-16-27)24-9-17-28(18-10-24)35-29-19-11-25(12-20-29)31(34)26-13-21-30(22-14-26)36-33(4,5)6/h7-22H,1-6H3. The van der Waals surface area contributed by atoms with E-state index in [1.807, 2.05) is 57.2 Å². The van der Waals surface area contributed by atoms with E-state index in [0.29, 0.717) is 16.9 Å². The summed E-state index contributed by atoms with van der Waals surface area (Å²) in [5.74, 6) is 2.14. The highest BCUT2D eigenvalue weighted by atomic mass is 16.5. The van der Waals surface area contributed by atoms with Crippen LogP contribution in [-0.2, 0) is 5.41 Å². The van der Waals surface area contributed by atoms with E-state index in [1.54, 1.807) is 24.3 Å². The van der Waals surface area contributed by atoms with Crippen LogP contribution in [0.1, 0.15) is 63.0 Å². The van der Waals surface area contributed by atoms with Crippen molar-refractivity contribution in [2.75, 3.05) is 0 Å². The Labute approximate surface area is 214 Å². The van der Waals surface area contributed by atoms with Gasteiger partial charge < -0.3 is 9.47 Å². The van der Waals surface area contributed by atoms with Gasteiger partial charge in [-0.2, -0.15) is 0 Å². The average molecular weight is 479 g/mol. The second kappa shape index (κ2) is 10.0. The first-order chi connectivity index (χ1) is 17.0. The molecule has 4 aromatic rings. The summed E-state index contributed by atoms with van der Waals surface area (Å²) in [5, 5.41) is 0. The molecule has 0 aliphatic heterocycles. The summed E-state index contributed by atoms with van der Waals surface area (Å²) in [6.07, 6.45) is 0. The fraction of sp³-hybridized carbons (Fsp3) is 0.242. The molecule has 0 aliphatic carbocycles. The lowest BCUT2D eigenvalue weighted by molar-refractivity contribution is 0.103. The first kappa shape index (κ1) is 25.2. The molecule has 0 amide bonds. The third kappa shape index (κ3) is 6.42. The third-order valence-corrected chi connectivity index (χ3v) is 5.83. The van der Waals surface area contributed by atoms with Crippen LogP contribution in [0, 0.1) is 0 Å². The Balaban J connectivity index is 1.39. The molecule has 3 heteroatoms. The summed E-state index contributed by atoms with van der Waals surface area (Å²) >= 11 is 0. The molecule has 0 N–H and O–H groups in total. The van der Waals surface area contributed by atoms with Crippen molar-refractivity contribution >= 4 is 5.78 Å². The molecule has 0 radical (unpaired) electrons. The highest BCUT2D eigenvalue weighted by Crippen LogP contribution is 2.29. The zero-order valence-corrected chi connectivity index (χ0v) is 22.0. The van der Waals surface area contributed by atoms with Crippen molar-refractivity contribution in [2.24, 2.45) is 0 Å². The number of ether oxygens (including phenoxy) is 2. The Bertz CT molecular complexity index is 1300.